The summed E-state index contributed by atoms with van der Waals surface area (Å²) in [5.41, 5.74) is 3.74. The Hall–Kier alpha value is -2.57. The van der Waals surface area contributed by atoms with Crippen LogP contribution in [-0.4, -0.2) is 57.0 Å². The number of nitrogens with one attached hydrogen (secondary N) is 1. The zero-order valence-electron chi connectivity index (χ0n) is 18.0. The molecule has 1 saturated heterocycles. The molecule has 5 rings (SSSR count). The molecule has 0 unspecified atom stereocenters. The first kappa shape index (κ1) is 20.3. The van der Waals surface area contributed by atoms with Crippen molar-refractivity contribution >= 4 is 5.91 Å². The molecule has 0 spiro atoms. The molecule has 6 heteroatoms. The van der Waals surface area contributed by atoms with Crippen molar-refractivity contribution in [1.82, 2.24) is 4.90 Å². The van der Waals surface area contributed by atoms with Crippen molar-refractivity contribution in [2.75, 3.05) is 46.2 Å². The Labute approximate surface area is 183 Å². The first-order valence-corrected chi connectivity index (χ1v) is 11.4. The molecule has 1 atom stereocenters. The van der Waals surface area contributed by atoms with Crippen molar-refractivity contribution in [3.63, 3.8) is 0 Å². The Kier molecular flexibility index (Phi) is 6.09. The first-order chi connectivity index (χ1) is 15.3. The van der Waals surface area contributed by atoms with Crippen LogP contribution in [0.2, 0.25) is 0 Å². The molecule has 0 radical (unpaired) electrons. The molecule has 0 bridgehead atoms. The molecule has 2 aromatic carbocycles. The summed E-state index contributed by atoms with van der Waals surface area (Å²) in [6.45, 7) is 6.14. The summed E-state index contributed by atoms with van der Waals surface area (Å²) < 4.78 is 16.8. The van der Waals surface area contributed by atoms with Crippen LogP contribution in [0.4, 0.5) is 0 Å². The normalized spacial score (nSPS) is 20.3. The summed E-state index contributed by atoms with van der Waals surface area (Å²) >= 11 is 0. The molecule has 164 valence electrons. The Bertz CT molecular complexity index is 925. The molecule has 2 aromatic rings. The molecule has 1 aliphatic carbocycles. The van der Waals surface area contributed by atoms with Gasteiger partial charge in [0.05, 0.1) is 26.3 Å². The SMILES string of the molecule is O=C([C@H]1CCc2ccccc2C1)N(CC[NH+]1CCOCC1)Cc1cccc2c1OCO2. The summed E-state index contributed by atoms with van der Waals surface area (Å²) in [7, 11) is 0. The van der Waals surface area contributed by atoms with Crippen LogP contribution in [0.1, 0.15) is 23.1 Å². The van der Waals surface area contributed by atoms with Gasteiger partial charge in [-0.2, -0.15) is 0 Å². The number of rotatable bonds is 6. The number of aryl methyl sites for hydroxylation is 1. The highest BCUT2D eigenvalue weighted by molar-refractivity contribution is 5.79. The second-order valence-corrected chi connectivity index (χ2v) is 8.73. The van der Waals surface area contributed by atoms with E-state index in [0.717, 1.165) is 75.7 Å². The van der Waals surface area contributed by atoms with E-state index in [1.165, 1.54) is 16.0 Å². The number of benzene rings is 2. The second-order valence-electron chi connectivity index (χ2n) is 8.73. The Morgan fingerprint density at radius 2 is 1.87 bits per heavy atom. The van der Waals surface area contributed by atoms with Gasteiger partial charge < -0.3 is 24.0 Å². The van der Waals surface area contributed by atoms with Crippen LogP contribution in [0.15, 0.2) is 42.5 Å². The standard InChI is InChI=1S/C25H30N2O4/c28-25(21-9-8-19-4-1-2-5-20(19)16-21)27(11-10-26-12-14-29-15-13-26)17-22-6-3-7-23-24(22)31-18-30-23/h1-7,21H,8-18H2/p+1/t21-/m0/s1. The van der Waals surface area contributed by atoms with Crippen LogP contribution < -0.4 is 14.4 Å². The van der Waals surface area contributed by atoms with E-state index in [2.05, 4.69) is 29.2 Å². The zero-order chi connectivity index (χ0) is 21.0. The Balaban J connectivity index is 1.33. The monoisotopic (exact) mass is 423 g/mol. The first-order valence-electron chi connectivity index (χ1n) is 11.4. The lowest BCUT2D eigenvalue weighted by molar-refractivity contribution is -0.907. The smallest absolute Gasteiger partial charge is 0.231 e. The van der Waals surface area contributed by atoms with Gasteiger partial charge in [0.25, 0.3) is 0 Å². The number of fused-ring (bicyclic) bond motifs is 2. The summed E-state index contributed by atoms with van der Waals surface area (Å²) in [6, 6.07) is 14.5. The van der Waals surface area contributed by atoms with Gasteiger partial charge in [-0.25, -0.2) is 0 Å². The van der Waals surface area contributed by atoms with E-state index in [1.54, 1.807) is 0 Å². The lowest BCUT2D eigenvalue weighted by atomic mass is 9.83. The molecule has 31 heavy (non-hydrogen) atoms. The number of amides is 1. The maximum Gasteiger partial charge on any atom is 0.231 e. The van der Waals surface area contributed by atoms with Crippen LogP contribution >= 0.6 is 0 Å². The fourth-order valence-corrected chi connectivity index (χ4v) is 4.96. The fraction of sp³-hybridized carbons (Fsp3) is 0.480. The van der Waals surface area contributed by atoms with Gasteiger partial charge in [0.1, 0.15) is 13.1 Å². The van der Waals surface area contributed by atoms with Gasteiger partial charge >= 0.3 is 0 Å². The van der Waals surface area contributed by atoms with Gasteiger partial charge in [0, 0.05) is 18.0 Å². The number of quaternary nitrogens is 1. The fourth-order valence-electron chi connectivity index (χ4n) is 4.96. The minimum Gasteiger partial charge on any atom is -0.454 e. The molecule has 1 amide bonds. The number of carbonyl (C=O) groups is 1. The molecular weight excluding hydrogens is 392 g/mol. The number of hydrogen-bond acceptors (Lipinski definition) is 4. The molecule has 0 saturated carbocycles. The third-order valence-electron chi connectivity index (χ3n) is 6.78. The topological polar surface area (TPSA) is 52.4 Å². The molecular formula is C25H31N2O4+. The summed E-state index contributed by atoms with van der Waals surface area (Å²) in [4.78, 5) is 17.3. The molecule has 1 N–H and O–H groups in total. The number of para-hydroxylation sites is 1. The van der Waals surface area contributed by atoms with E-state index < -0.39 is 0 Å². The van der Waals surface area contributed by atoms with Crippen molar-refractivity contribution in [3.8, 4) is 11.5 Å². The van der Waals surface area contributed by atoms with Crippen molar-refractivity contribution < 1.29 is 23.9 Å². The van der Waals surface area contributed by atoms with Crippen molar-refractivity contribution in [2.24, 2.45) is 5.92 Å². The van der Waals surface area contributed by atoms with Crippen LogP contribution in [0.3, 0.4) is 0 Å². The van der Waals surface area contributed by atoms with Gasteiger partial charge in [0.15, 0.2) is 11.5 Å². The van der Waals surface area contributed by atoms with Crippen LogP contribution in [0, 0.1) is 5.92 Å². The lowest BCUT2D eigenvalue weighted by Gasteiger charge is -2.32. The van der Waals surface area contributed by atoms with Crippen LogP contribution in [0.5, 0.6) is 11.5 Å². The van der Waals surface area contributed by atoms with E-state index in [0.29, 0.717) is 6.54 Å². The van der Waals surface area contributed by atoms with E-state index in [9.17, 15) is 4.79 Å². The van der Waals surface area contributed by atoms with E-state index in [1.807, 2.05) is 18.2 Å². The maximum atomic E-state index is 13.7. The van der Waals surface area contributed by atoms with Gasteiger partial charge in [-0.15, -0.1) is 0 Å². The highest BCUT2D eigenvalue weighted by Crippen LogP contribution is 2.36. The third-order valence-corrected chi connectivity index (χ3v) is 6.78. The Morgan fingerprint density at radius 1 is 1.03 bits per heavy atom. The van der Waals surface area contributed by atoms with Crippen LogP contribution in [0.25, 0.3) is 0 Å². The van der Waals surface area contributed by atoms with Crippen LogP contribution in [-0.2, 0) is 28.9 Å². The lowest BCUT2D eigenvalue weighted by Crippen LogP contribution is -3.14. The van der Waals surface area contributed by atoms with Crippen molar-refractivity contribution in [2.45, 2.75) is 25.8 Å². The summed E-state index contributed by atoms with van der Waals surface area (Å²) in [6.07, 6.45) is 2.73. The van der Waals surface area contributed by atoms with E-state index in [4.69, 9.17) is 14.2 Å². The zero-order valence-corrected chi connectivity index (χ0v) is 18.0. The number of carbonyl (C=O) groups excluding carboxylic acids is 1. The summed E-state index contributed by atoms with van der Waals surface area (Å²) in [5.74, 6) is 1.87. The predicted molar refractivity (Wildman–Crippen MR) is 116 cm³/mol. The van der Waals surface area contributed by atoms with E-state index >= 15 is 0 Å². The highest BCUT2D eigenvalue weighted by atomic mass is 16.7. The minimum atomic E-state index is 0.0449. The predicted octanol–water partition coefficient (Wildman–Crippen LogP) is 1.46. The molecule has 3 aliphatic rings. The number of morpholine rings is 1. The molecule has 0 aromatic heterocycles. The highest BCUT2D eigenvalue weighted by Gasteiger charge is 2.30. The maximum absolute atomic E-state index is 13.7. The molecule has 2 heterocycles. The van der Waals surface area contributed by atoms with Gasteiger partial charge in [-0.05, 0) is 36.5 Å². The number of ether oxygens (including phenoxy) is 3. The molecule has 6 nitrogen and oxygen atoms in total. The summed E-state index contributed by atoms with van der Waals surface area (Å²) in [5, 5.41) is 0. The van der Waals surface area contributed by atoms with Gasteiger partial charge in [-0.1, -0.05) is 36.4 Å². The van der Waals surface area contributed by atoms with Crippen molar-refractivity contribution in [3.05, 3.63) is 59.2 Å². The van der Waals surface area contributed by atoms with Crippen molar-refractivity contribution in [1.29, 1.82) is 0 Å². The van der Waals surface area contributed by atoms with Gasteiger partial charge in [-0.3, -0.25) is 4.79 Å². The average Bonchev–Trinajstić information content (AvgIpc) is 3.31. The largest absolute Gasteiger partial charge is 0.454 e. The second kappa shape index (κ2) is 9.28. The molecule has 2 aliphatic heterocycles. The quantitative estimate of drug-likeness (QED) is 0.765. The van der Waals surface area contributed by atoms with Gasteiger partial charge in [0.2, 0.25) is 12.7 Å². The Morgan fingerprint density at radius 3 is 2.74 bits per heavy atom. The minimum absolute atomic E-state index is 0.0449. The third kappa shape index (κ3) is 4.55. The number of hydrogen-bond donors (Lipinski definition) is 1. The molecule has 1 fully saturated rings. The average molecular weight is 424 g/mol. The number of nitrogens with zero attached hydrogens (tertiary/aromatic N) is 1. The van der Waals surface area contributed by atoms with E-state index in [-0.39, 0.29) is 18.6 Å².